The van der Waals surface area contributed by atoms with Crippen molar-refractivity contribution in [2.45, 2.75) is 102 Å². The molecule has 286 valence electrons. The normalized spacial score (nSPS) is 20.7. The first-order valence-electron chi connectivity index (χ1n) is 17.7. The van der Waals surface area contributed by atoms with E-state index in [0.717, 1.165) is 27.9 Å². The Bertz CT molecular complexity index is 1550. The number of primary amides is 1. The Morgan fingerprint density at radius 1 is 1.02 bits per heavy atom. The number of H-pyrrole nitrogens is 1. The van der Waals surface area contributed by atoms with Crippen LogP contribution in [0.2, 0.25) is 0 Å². The number of aryl methyl sites for hydroxylation is 1. The number of nitrogens with one attached hydrogen (secondary N) is 3. The van der Waals surface area contributed by atoms with Gasteiger partial charge in [0.25, 0.3) is 0 Å². The Hall–Kier alpha value is -4.25. The number of aromatic amines is 1. The smallest absolute Gasteiger partial charge is 0.407 e. The Morgan fingerprint density at radius 3 is 2.48 bits per heavy atom. The van der Waals surface area contributed by atoms with Crippen LogP contribution in [-0.2, 0) is 27.3 Å². The molecule has 0 saturated carbocycles. The van der Waals surface area contributed by atoms with Gasteiger partial charge in [-0.1, -0.05) is 50.2 Å². The quantitative estimate of drug-likeness (QED) is 0.0781. The van der Waals surface area contributed by atoms with Crippen LogP contribution in [0.3, 0.4) is 0 Å². The molecule has 1 fully saturated rings. The van der Waals surface area contributed by atoms with Crippen LogP contribution in [0.15, 0.2) is 48.5 Å². The van der Waals surface area contributed by atoms with Crippen molar-refractivity contribution in [1.29, 1.82) is 0 Å². The summed E-state index contributed by atoms with van der Waals surface area (Å²) in [6, 6.07) is 14.7. The predicted molar refractivity (Wildman–Crippen MR) is 191 cm³/mol. The van der Waals surface area contributed by atoms with Gasteiger partial charge in [-0.3, -0.25) is 9.89 Å². The molecule has 2 heterocycles. The van der Waals surface area contributed by atoms with Crippen molar-refractivity contribution in [3.8, 4) is 11.6 Å². The molecule has 52 heavy (non-hydrogen) atoms. The number of amides is 2. The highest BCUT2D eigenvalue weighted by atomic mass is 16.7. The van der Waals surface area contributed by atoms with Crippen LogP contribution in [0.25, 0.3) is 0 Å². The molecule has 1 aromatic heterocycles. The second kappa shape index (κ2) is 20.1. The third-order valence-electron chi connectivity index (χ3n) is 8.92. The van der Waals surface area contributed by atoms with E-state index in [0.29, 0.717) is 57.6 Å². The van der Waals surface area contributed by atoms with Crippen LogP contribution in [-0.4, -0.2) is 106 Å². The van der Waals surface area contributed by atoms with Gasteiger partial charge in [-0.2, -0.15) is 0 Å². The molecule has 15 heteroatoms. The Kier molecular flexibility index (Phi) is 15.7. The molecular weight excluding hydrogens is 674 g/mol. The number of aliphatic hydroxyl groups is 4. The number of benzene rings is 2. The van der Waals surface area contributed by atoms with Crippen molar-refractivity contribution in [2.24, 2.45) is 5.73 Å². The van der Waals surface area contributed by atoms with Gasteiger partial charge in [0.05, 0.1) is 19.3 Å². The number of aliphatic hydroxyl groups excluding tert-OH is 4. The number of nitrogens with zero attached hydrogens (tertiary/aromatic N) is 1. The maximum atomic E-state index is 12.0. The molecule has 15 nitrogen and oxygen atoms in total. The van der Waals surface area contributed by atoms with Crippen molar-refractivity contribution in [3.63, 3.8) is 0 Å². The van der Waals surface area contributed by atoms with Gasteiger partial charge in [-0.25, -0.2) is 4.79 Å². The summed E-state index contributed by atoms with van der Waals surface area (Å²) in [7, 11) is 0. The Balaban J connectivity index is 1.20. The van der Waals surface area contributed by atoms with Crippen molar-refractivity contribution < 1.29 is 49.0 Å². The molecular formula is C37H53N5O10. The molecule has 2 amide bonds. The molecule has 1 aliphatic heterocycles. The molecule has 0 bridgehead atoms. The fraction of sp³-hybridized carbons (Fsp3) is 0.541. The van der Waals surface area contributed by atoms with E-state index < -0.39 is 55.4 Å². The van der Waals surface area contributed by atoms with E-state index in [1.165, 1.54) is 0 Å². The highest BCUT2D eigenvalue weighted by Gasteiger charge is 2.45. The summed E-state index contributed by atoms with van der Waals surface area (Å²) >= 11 is 0. The molecule has 0 radical (unpaired) electrons. The van der Waals surface area contributed by atoms with E-state index >= 15 is 0 Å². The minimum Gasteiger partial charge on any atom is -0.494 e. The molecule has 1 saturated heterocycles. The number of rotatable bonds is 20. The summed E-state index contributed by atoms with van der Waals surface area (Å²) in [6.07, 6.45) is -4.56. The zero-order chi connectivity index (χ0) is 37.6. The van der Waals surface area contributed by atoms with Gasteiger partial charge in [-0.05, 0) is 73.9 Å². The van der Waals surface area contributed by atoms with Crippen molar-refractivity contribution >= 4 is 12.0 Å². The van der Waals surface area contributed by atoms with Gasteiger partial charge in [0.2, 0.25) is 18.1 Å². The largest absolute Gasteiger partial charge is 0.494 e. The van der Waals surface area contributed by atoms with Gasteiger partial charge >= 0.3 is 6.09 Å². The van der Waals surface area contributed by atoms with Crippen molar-refractivity contribution in [1.82, 2.24) is 20.8 Å². The van der Waals surface area contributed by atoms with E-state index in [9.17, 15) is 30.0 Å². The molecule has 6 atom stereocenters. The predicted octanol–water partition coefficient (Wildman–Crippen LogP) is 1.92. The lowest BCUT2D eigenvalue weighted by atomic mass is 9.96. The van der Waals surface area contributed by atoms with Crippen molar-refractivity contribution in [2.75, 3.05) is 26.3 Å². The first kappa shape index (κ1) is 40.5. The number of alkyl carbamates (subject to hydrolysis) is 1. The van der Waals surface area contributed by atoms with Gasteiger partial charge < -0.3 is 55.7 Å². The summed E-state index contributed by atoms with van der Waals surface area (Å²) in [4.78, 5) is 23.9. The number of hydrogen-bond acceptors (Lipinski definition) is 12. The molecule has 3 aromatic rings. The summed E-state index contributed by atoms with van der Waals surface area (Å²) < 4.78 is 22.6. The molecule has 0 spiro atoms. The molecule has 4 rings (SSSR count). The average Bonchev–Trinajstić information content (AvgIpc) is 3.53. The number of carbonyl (C=O) groups is 2. The van der Waals surface area contributed by atoms with E-state index in [1.807, 2.05) is 69.3 Å². The minimum absolute atomic E-state index is 0.0680. The first-order chi connectivity index (χ1) is 25.0. The number of nitrogens with two attached hydrogens (primary N) is 1. The number of carbonyl (C=O) groups excluding carboxylic acids is 2. The highest BCUT2D eigenvalue weighted by Crippen LogP contribution is 2.32. The topological polar surface area (TPSA) is 231 Å². The van der Waals surface area contributed by atoms with E-state index in [2.05, 4.69) is 20.8 Å². The molecule has 1 unspecified atom stereocenters. The average molecular weight is 728 g/mol. The lowest BCUT2D eigenvalue weighted by molar-refractivity contribution is -0.278. The number of unbranched alkanes of at least 4 members (excludes halogenated alkanes) is 1. The second-order valence-corrected chi connectivity index (χ2v) is 13.3. The summed E-state index contributed by atoms with van der Waals surface area (Å²) in [5.74, 6) is 0.516. The van der Waals surface area contributed by atoms with Crippen molar-refractivity contribution in [3.05, 3.63) is 76.5 Å². The standard InChI is InChI=1S/C37H53N5O10/c1-22(2)30-27(35(42-41-30)52-36-33(46)32(45)31(44)29(20-43)51-36)19-25-13-14-26(18-23(25)3)49-17-9-16-39-28(34(38)47)12-7-8-15-40-37(48)50-21-24-10-5-4-6-11-24/h4-6,10-11,13-14,18,22,28-29,31-33,36,39,43-46H,7-9,12,15-17,19-21H2,1-3H3,(H2,38,47)(H,40,48)(H,41,42)/t28-,29+,31+,32-,33+,36?/m0/s1. The van der Waals surface area contributed by atoms with Crippen LogP contribution in [0.5, 0.6) is 11.6 Å². The van der Waals surface area contributed by atoms with Crippen LogP contribution < -0.4 is 25.8 Å². The van der Waals surface area contributed by atoms with E-state index in [-0.39, 0.29) is 18.4 Å². The number of ether oxygens (including phenoxy) is 4. The monoisotopic (exact) mass is 727 g/mol. The lowest BCUT2D eigenvalue weighted by Crippen LogP contribution is -2.60. The van der Waals surface area contributed by atoms with Crippen LogP contribution in [0.4, 0.5) is 4.79 Å². The van der Waals surface area contributed by atoms with E-state index in [4.69, 9.17) is 24.7 Å². The maximum absolute atomic E-state index is 12.0. The fourth-order valence-corrected chi connectivity index (χ4v) is 5.85. The third kappa shape index (κ3) is 11.6. The van der Waals surface area contributed by atoms with Crippen LogP contribution >= 0.6 is 0 Å². The summed E-state index contributed by atoms with van der Waals surface area (Å²) in [6.45, 7) is 7.01. The SMILES string of the molecule is Cc1cc(OCCCN[C@@H](CCCCNC(=O)OCc2ccccc2)C(N)=O)ccc1Cc1c(OC2O[C@H](CO)[C@@H](O)[C@H](O)[C@H]2O)n[nH]c1C(C)C. The minimum atomic E-state index is -1.57. The summed E-state index contributed by atoms with van der Waals surface area (Å²) in [5, 5.41) is 53.6. The molecule has 0 aliphatic carbocycles. The first-order valence-corrected chi connectivity index (χ1v) is 17.7. The molecule has 1 aliphatic rings. The van der Waals surface area contributed by atoms with Crippen LogP contribution in [0.1, 0.15) is 73.4 Å². The zero-order valence-electron chi connectivity index (χ0n) is 30.0. The highest BCUT2D eigenvalue weighted by molar-refractivity contribution is 5.79. The lowest BCUT2D eigenvalue weighted by Gasteiger charge is -2.39. The maximum Gasteiger partial charge on any atom is 0.407 e. The second-order valence-electron chi connectivity index (χ2n) is 13.3. The molecule has 2 aromatic carbocycles. The Labute approximate surface area is 303 Å². The summed E-state index contributed by atoms with van der Waals surface area (Å²) in [5.41, 5.74) is 10.1. The van der Waals surface area contributed by atoms with Gasteiger partial charge in [-0.15, -0.1) is 5.10 Å². The van der Waals surface area contributed by atoms with Gasteiger partial charge in [0.15, 0.2) is 0 Å². The van der Waals surface area contributed by atoms with Gasteiger partial charge in [0, 0.05) is 24.2 Å². The third-order valence-corrected chi connectivity index (χ3v) is 8.92. The van der Waals surface area contributed by atoms with Gasteiger partial charge in [0.1, 0.15) is 36.8 Å². The van der Waals surface area contributed by atoms with E-state index in [1.54, 1.807) is 0 Å². The number of hydrogen-bond donors (Lipinski definition) is 8. The number of aromatic nitrogens is 2. The fourth-order valence-electron chi connectivity index (χ4n) is 5.85. The Morgan fingerprint density at radius 2 is 1.79 bits per heavy atom. The zero-order valence-corrected chi connectivity index (χ0v) is 30.0. The van der Waals surface area contributed by atoms with Crippen LogP contribution in [0, 0.1) is 6.92 Å². The molecule has 9 N–H and O–H groups in total.